The lowest BCUT2D eigenvalue weighted by atomic mass is 9.97. The lowest BCUT2D eigenvalue weighted by Crippen LogP contribution is -2.19. The summed E-state index contributed by atoms with van der Waals surface area (Å²) in [6.45, 7) is 5.84. The molecule has 1 aromatic rings. The second kappa shape index (κ2) is 7.69. The average molecular weight is 259 g/mol. The second-order valence-corrected chi connectivity index (χ2v) is 6.23. The Morgan fingerprint density at radius 3 is 2.26 bits per heavy atom. The van der Waals surface area contributed by atoms with Crippen LogP contribution in [0.15, 0.2) is 24.3 Å². The van der Waals surface area contributed by atoms with Crippen molar-refractivity contribution >= 4 is 0 Å². The van der Waals surface area contributed by atoms with Gasteiger partial charge in [-0.15, -0.1) is 0 Å². The number of nitrogens with one attached hydrogen (secondary N) is 1. The molecule has 0 spiro atoms. The van der Waals surface area contributed by atoms with E-state index in [9.17, 15) is 0 Å². The highest BCUT2D eigenvalue weighted by molar-refractivity contribution is 5.22. The monoisotopic (exact) mass is 259 g/mol. The Morgan fingerprint density at radius 2 is 1.68 bits per heavy atom. The minimum Gasteiger partial charge on any atom is -0.314 e. The Bertz CT molecular complexity index is 350. The SMILES string of the molecule is CCCc1ccc(CCC(C)CCNC2CC2)cc1. The highest BCUT2D eigenvalue weighted by atomic mass is 14.9. The summed E-state index contributed by atoms with van der Waals surface area (Å²) in [4.78, 5) is 0. The lowest BCUT2D eigenvalue weighted by molar-refractivity contribution is 0.469. The van der Waals surface area contributed by atoms with Crippen LogP contribution in [0, 0.1) is 5.92 Å². The van der Waals surface area contributed by atoms with Crippen molar-refractivity contribution in [1.29, 1.82) is 0 Å². The number of benzene rings is 1. The molecular weight excluding hydrogens is 230 g/mol. The van der Waals surface area contributed by atoms with Gasteiger partial charge in [-0.25, -0.2) is 0 Å². The van der Waals surface area contributed by atoms with Crippen molar-refractivity contribution in [3.05, 3.63) is 35.4 Å². The molecule has 1 nitrogen and oxygen atoms in total. The molecule has 2 rings (SSSR count). The van der Waals surface area contributed by atoms with Gasteiger partial charge in [-0.2, -0.15) is 0 Å². The first-order valence-electron chi connectivity index (χ1n) is 8.09. The number of aryl methyl sites for hydroxylation is 2. The third-order valence-corrected chi connectivity index (χ3v) is 4.13. The van der Waals surface area contributed by atoms with Crippen LogP contribution >= 0.6 is 0 Å². The van der Waals surface area contributed by atoms with E-state index in [0.29, 0.717) is 0 Å². The summed E-state index contributed by atoms with van der Waals surface area (Å²) in [5, 5.41) is 3.61. The van der Waals surface area contributed by atoms with Crippen LogP contribution in [0.2, 0.25) is 0 Å². The molecule has 1 atom stereocenters. The summed E-state index contributed by atoms with van der Waals surface area (Å²) >= 11 is 0. The highest BCUT2D eigenvalue weighted by Gasteiger charge is 2.19. The quantitative estimate of drug-likeness (QED) is 0.695. The van der Waals surface area contributed by atoms with Gasteiger partial charge in [0.2, 0.25) is 0 Å². The van der Waals surface area contributed by atoms with Gasteiger partial charge < -0.3 is 5.32 Å². The summed E-state index contributed by atoms with van der Waals surface area (Å²) in [6.07, 6.45) is 9.13. The maximum atomic E-state index is 3.61. The summed E-state index contributed by atoms with van der Waals surface area (Å²) in [7, 11) is 0. The molecule has 106 valence electrons. The topological polar surface area (TPSA) is 12.0 Å². The van der Waals surface area contributed by atoms with Crippen LogP contribution in [0.1, 0.15) is 57.1 Å². The Kier molecular flexibility index (Phi) is 5.91. The predicted molar refractivity (Wildman–Crippen MR) is 83.6 cm³/mol. The van der Waals surface area contributed by atoms with Gasteiger partial charge in [0.25, 0.3) is 0 Å². The fourth-order valence-corrected chi connectivity index (χ4v) is 2.54. The molecule has 1 heteroatoms. The zero-order valence-corrected chi connectivity index (χ0v) is 12.6. The van der Waals surface area contributed by atoms with Crippen LogP contribution in [0.25, 0.3) is 0 Å². The van der Waals surface area contributed by atoms with E-state index in [1.54, 1.807) is 0 Å². The Hall–Kier alpha value is -0.820. The van der Waals surface area contributed by atoms with E-state index in [0.717, 1.165) is 12.0 Å². The molecule has 0 amide bonds. The molecule has 0 heterocycles. The van der Waals surface area contributed by atoms with Crippen molar-refractivity contribution in [1.82, 2.24) is 5.32 Å². The molecule has 0 saturated heterocycles. The molecule has 1 aliphatic rings. The molecule has 19 heavy (non-hydrogen) atoms. The van der Waals surface area contributed by atoms with Crippen LogP contribution in [0.5, 0.6) is 0 Å². The van der Waals surface area contributed by atoms with Crippen LogP contribution in [0.3, 0.4) is 0 Å². The van der Waals surface area contributed by atoms with Gasteiger partial charge in [0.05, 0.1) is 0 Å². The summed E-state index contributed by atoms with van der Waals surface area (Å²) in [5.74, 6) is 0.835. The van der Waals surface area contributed by atoms with Crippen LogP contribution in [-0.2, 0) is 12.8 Å². The van der Waals surface area contributed by atoms with E-state index < -0.39 is 0 Å². The largest absolute Gasteiger partial charge is 0.314 e. The van der Waals surface area contributed by atoms with Gasteiger partial charge in [0.1, 0.15) is 0 Å². The fourth-order valence-electron chi connectivity index (χ4n) is 2.54. The summed E-state index contributed by atoms with van der Waals surface area (Å²) in [5.41, 5.74) is 2.98. The molecule has 1 saturated carbocycles. The molecule has 1 N–H and O–H groups in total. The molecule has 0 radical (unpaired) electrons. The van der Waals surface area contributed by atoms with Crippen molar-refractivity contribution in [2.75, 3.05) is 6.54 Å². The zero-order valence-electron chi connectivity index (χ0n) is 12.6. The van der Waals surface area contributed by atoms with Gasteiger partial charge in [-0.1, -0.05) is 44.5 Å². The van der Waals surface area contributed by atoms with Gasteiger partial charge in [0.15, 0.2) is 0 Å². The molecular formula is C18H29N. The van der Waals surface area contributed by atoms with E-state index in [4.69, 9.17) is 0 Å². The molecule has 1 fully saturated rings. The van der Waals surface area contributed by atoms with E-state index >= 15 is 0 Å². The third kappa shape index (κ3) is 5.78. The molecule has 0 bridgehead atoms. The Labute approximate surface area is 118 Å². The second-order valence-electron chi connectivity index (χ2n) is 6.23. The maximum Gasteiger partial charge on any atom is 0.00682 e. The van der Waals surface area contributed by atoms with Gasteiger partial charge in [0, 0.05) is 6.04 Å². The van der Waals surface area contributed by atoms with Gasteiger partial charge >= 0.3 is 0 Å². The van der Waals surface area contributed by atoms with Crippen molar-refractivity contribution in [3.63, 3.8) is 0 Å². The van der Waals surface area contributed by atoms with Crippen molar-refractivity contribution in [3.8, 4) is 0 Å². The van der Waals surface area contributed by atoms with E-state index in [1.165, 1.54) is 62.6 Å². The summed E-state index contributed by atoms with van der Waals surface area (Å²) in [6, 6.07) is 10.1. The first-order chi connectivity index (χ1) is 9.28. The molecule has 1 unspecified atom stereocenters. The van der Waals surface area contributed by atoms with Crippen LogP contribution in [-0.4, -0.2) is 12.6 Å². The molecule has 0 aromatic heterocycles. The minimum atomic E-state index is 0.835. The third-order valence-electron chi connectivity index (χ3n) is 4.13. The van der Waals surface area contributed by atoms with E-state index in [-0.39, 0.29) is 0 Å². The first kappa shape index (κ1) is 14.6. The average Bonchev–Trinajstić information content (AvgIpc) is 3.22. The normalized spacial score (nSPS) is 16.5. The Balaban J connectivity index is 1.62. The maximum absolute atomic E-state index is 3.61. The van der Waals surface area contributed by atoms with E-state index in [1.807, 2.05) is 0 Å². The summed E-state index contributed by atoms with van der Waals surface area (Å²) < 4.78 is 0. The van der Waals surface area contributed by atoms with Crippen LogP contribution < -0.4 is 5.32 Å². The van der Waals surface area contributed by atoms with E-state index in [2.05, 4.69) is 43.4 Å². The van der Waals surface area contributed by atoms with Crippen molar-refractivity contribution in [2.24, 2.45) is 5.92 Å². The van der Waals surface area contributed by atoms with Crippen molar-refractivity contribution in [2.45, 2.75) is 64.8 Å². The fraction of sp³-hybridized carbons (Fsp3) is 0.667. The van der Waals surface area contributed by atoms with Gasteiger partial charge in [-0.3, -0.25) is 0 Å². The highest BCUT2D eigenvalue weighted by Crippen LogP contribution is 2.19. The smallest absolute Gasteiger partial charge is 0.00682 e. The first-order valence-corrected chi connectivity index (χ1v) is 8.09. The minimum absolute atomic E-state index is 0.835. The molecule has 1 aromatic carbocycles. The molecule has 0 aliphatic heterocycles. The predicted octanol–water partition coefficient (Wildman–Crippen LogP) is 4.35. The van der Waals surface area contributed by atoms with Gasteiger partial charge in [-0.05, 0) is 62.1 Å². The number of rotatable bonds is 9. The Morgan fingerprint density at radius 1 is 1.05 bits per heavy atom. The number of hydrogen-bond acceptors (Lipinski definition) is 1. The molecule has 1 aliphatic carbocycles. The number of hydrogen-bond donors (Lipinski definition) is 1. The zero-order chi connectivity index (χ0) is 13.5. The lowest BCUT2D eigenvalue weighted by Gasteiger charge is -2.12. The van der Waals surface area contributed by atoms with Crippen LogP contribution in [0.4, 0.5) is 0 Å². The van der Waals surface area contributed by atoms with Crippen molar-refractivity contribution < 1.29 is 0 Å². The standard InChI is InChI=1S/C18H29N/c1-3-4-16-7-9-17(10-8-16)6-5-15(2)13-14-19-18-11-12-18/h7-10,15,18-19H,3-6,11-14H2,1-2H3.